The number of carboxylic acids is 1. The maximum Gasteiger partial charge on any atom is 0.338 e. The molecule has 0 saturated heterocycles. The molecule has 2 aromatic carbocycles. The fourth-order valence-corrected chi connectivity index (χ4v) is 2.19. The molecule has 0 aliphatic rings. The Morgan fingerprint density at radius 1 is 1.23 bits per heavy atom. The predicted octanol–water partition coefficient (Wildman–Crippen LogP) is 2.48. The van der Waals surface area contributed by atoms with E-state index in [1.807, 2.05) is 0 Å². The van der Waals surface area contributed by atoms with Crippen LogP contribution in [0.25, 0.3) is 16.8 Å². The standard InChI is InChI=1S/C15H11FN4O2/c1-9-17-18-19-20(9)11-7-12(10-5-3-2-4-6-10)14(16)13(8-11)15(21)22/h2-8H,1H3,(H,21,22). The summed E-state index contributed by atoms with van der Waals surface area (Å²) in [6, 6.07) is 11.5. The second kappa shape index (κ2) is 5.36. The van der Waals surface area contributed by atoms with Crippen molar-refractivity contribution in [2.24, 2.45) is 0 Å². The second-order valence-electron chi connectivity index (χ2n) is 4.66. The number of hydrogen-bond donors (Lipinski definition) is 1. The maximum absolute atomic E-state index is 14.5. The first kappa shape index (κ1) is 13.9. The largest absolute Gasteiger partial charge is 0.478 e. The molecule has 0 bridgehead atoms. The maximum atomic E-state index is 14.5. The molecule has 0 aliphatic carbocycles. The van der Waals surface area contributed by atoms with E-state index >= 15 is 0 Å². The van der Waals surface area contributed by atoms with Crippen LogP contribution in [0, 0.1) is 12.7 Å². The van der Waals surface area contributed by atoms with Crippen molar-refractivity contribution >= 4 is 5.97 Å². The van der Waals surface area contributed by atoms with Gasteiger partial charge in [-0.1, -0.05) is 30.3 Å². The highest BCUT2D eigenvalue weighted by Gasteiger charge is 2.19. The summed E-state index contributed by atoms with van der Waals surface area (Å²) in [5.74, 6) is -1.66. The van der Waals surface area contributed by atoms with E-state index in [4.69, 9.17) is 0 Å². The van der Waals surface area contributed by atoms with Gasteiger partial charge in [-0.3, -0.25) is 0 Å². The Morgan fingerprint density at radius 3 is 2.55 bits per heavy atom. The van der Waals surface area contributed by atoms with E-state index in [0.717, 1.165) is 0 Å². The molecule has 22 heavy (non-hydrogen) atoms. The van der Waals surface area contributed by atoms with Crippen LogP contribution < -0.4 is 0 Å². The van der Waals surface area contributed by atoms with Crippen LogP contribution in [0.15, 0.2) is 42.5 Å². The van der Waals surface area contributed by atoms with E-state index in [2.05, 4.69) is 15.5 Å². The van der Waals surface area contributed by atoms with E-state index in [1.165, 1.54) is 16.8 Å². The zero-order valence-corrected chi connectivity index (χ0v) is 11.6. The van der Waals surface area contributed by atoms with Crippen molar-refractivity contribution in [3.05, 3.63) is 59.7 Å². The number of rotatable bonds is 3. The van der Waals surface area contributed by atoms with Crippen LogP contribution >= 0.6 is 0 Å². The summed E-state index contributed by atoms with van der Waals surface area (Å²) in [7, 11) is 0. The quantitative estimate of drug-likeness (QED) is 0.803. The average Bonchev–Trinajstić information content (AvgIpc) is 2.94. The molecule has 6 nitrogen and oxygen atoms in total. The number of benzene rings is 2. The Bertz CT molecular complexity index is 846. The Kier molecular flexibility index (Phi) is 3.38. The molecular weight excluding hydrogens is 287 g/mol. The monoisotopic (exact) mass is 298 g/mol. The molecule has 7 heteroatoms. The van der Waals surface area contributed by atoms with Gasteiger partial charge in [0.15, 0.2) is 5.82 Å². The van der Waals surface area contributed by atoms with Gasteiger partial charge in [0.2, 0.25) is 0 Å². The summed E-state index contributed by atoms with van der Waals surface area (Å²) in [5, 5.41) is 20.3. The Balaban J connectivity index is 2.28. The van der Waals surface area contributed by atoms with Crippen molar-refractivity contribution in [1.82, 2.24) is 20.2 Å². The number of aromatic nitrogens is 4. The number of nitrogens with zero attached hydrogens (tertiary/aromatic N) is 4. The van der Waals surface area contributed by atoms with Gasteiger partial charge in [-0.25, -0.2) is 9.18 Å². The number of carbonyl (C=O) groups is 1. The fraction of sp³-hybridized carbons (Fsp3) is 0.0667. The van der Waals surface area contributed by atoms with Gasteiger partial charge in [0.1, 0.15) is 5.82 Å². The summed E-state index contributed by atoms with van der Waals surface area (Å²) in [5.41, 5.74) is 0.729. The van der Waals surface area contributed by atoms with Crippen LogP contribution in [0.3, 0.4) is 0 Å². The molecular formula is C15H11FN4O2. The van der Waals surface area contributed by atoms with Crippen molar-refractivity contribution in [2.75, 3.05) is 0 Å². The zero-order valence-electron chi connectivity index (χ0n) is 11.6. The van der Waals surface area contributed by atoms with Gasteiger partial charge in [0.05, 0.1) is 11.3 Å². The topological polar surface area (TPSA) is 80.9 Å². The molecule has 0 saturated carbocycles. The first-order valence-electron chi connectivity index (χ1n) is 6.45. The summed E-state index contributed by atoms with van der Waals surface area (Å²) >= 11 is 0. The second-order valence-corrected chi connectivity index (χ2v) is 4.66. The molecule has 3 rings (SSSR count). The highest BCUT2D eigenvalue weighted by Crippen LogP contribution is 2.28. The van der Waals surface area contributed by atoms with Gasteiger partial charge < -0.3 is 5.11 Å². The molecule has 0 atom stereocenters. The molecule has 0 radical (unpaired) electrons. The van der Waals surface area contributed by atoms with Gasteiger partial charge in [-0.2, -0.15) is 4.68 Å². The SMILES string of the molecule is Cc1nnnn1-c1cc(C(=O)O)c(F)c(-c2ccccc2)c1. The van der Waals surface area contributed by atoms with Crippen molar-refractivity contribution < 1.29 is 14.3 Å². The lowest BCUT2D eigenvalue weighted by Crippen LogP contribution is -2.07. The average molecular weight is 298 g/mol. The lowest BCUT2D eigenvalue weighted by molar-refractivity contribution is 0.0692. The molecule has 0 aliphatic heterocycles. The lowest BCUT2D eigenvalue weighted by atomic mass is 10.0. The lowest BCUT2D eigenvalue weighted by Gasteiger charge is -2.10. The van der Waals surface area contributed by atoms with Crippen LogP contribution in [0.1, 0.15) is 16.2 Å². The molecule has 3 aromatic rings. The Hall–Kier alpha value is -3.09. The van der Waals surface area contributed by atoms with Gasteiger partial charge >= 0.3 is 5.97 Å². The minimum absolute atomic E-state index is 0.186. The van der Waals surface area contributed by atoms with Crippen LogP contribution in [0.2, 0.25) is 0 Å². The smallest absolute Gasteiger partial charge is 0.338 e. The van der Waals surface area contributed by atoms with E-state index in [0.29, 0.717) is 17.1 Å². The van der Waals surface area contributed by atoms with Crippen molar-refractivity contribution in [2.45, 2.75) is 6.92 Å². The molecule has 0 fully saturated rings. The van der Waals surface area contributed by atoms with Crippen LogP contribution in [0.4, 0.5) is 4.39 Å². The van der Waals surface area contributed by atoms with Crippen LogP contribution in [0.5, 0.6) is 0 Å². The van der Waals surface area contributed by atoms with E-state index in [9.17, 15) is 14.3 Å². The molecule has 0 amide bonds. The number of hydrogen-bond acceptors (Lipinski definition) is 4. The van der Waals surface area contributed by atoms with Gasteiger partial charge in [0, 0.05) is 5.56 Å². The highest BCUT2D eigenvalue weighted by molar-refractivity contribution is 5.91. The first-order valence-corrected chi connectivity index (χ1v) is 6.45. The molecule has 1 heterocycles. The van der Waals surface area contributed by atoms with E-state index < -0.39 is 17.3 Å². The number of tetrazole rings is 1. The summed E-state index contributed by atoms with van der Waals surface area (Å²) < 4.78 is 15.8. The molecule has 0 spiro atoms. The number of carboxylic acid groups (broad SMARTS) is 1. The third-order valence-corrected chi connectivity index (χ3v) is 3.24. The van der Waals surface area contributed by atoms with Gasteiger partial charge in [-0.05, 0) is 35.0 Å². The van der Waals surface area contributed by atoms with Gasteiger partial charge in [0.25, 0.3) is 0 Å². The number of aryl methyl sites for hydroxylation is 1. The van der Waals surface area contributed by atoms with Crippen LogP contribution in [-0.2, 0) is 0 Å². The summed E-state index contributed by atoms with van der Waals surface area (Å²) in [6.45, 7) is 1.67. The van der Waals surface area contributed by atoms with Gasteiger partial charge in [-0.15, -0.1) is 5.10 Å². The first-order chi connectivity index (χ1) is 10.6. The predicted molar refractivity (Wildman–Crippen MR) is 76.2 cm³/mol. The van der Waals surface area contributed by atoms with Crippen molar-refractivity contribution in [3.8, 4) is 16.8 Å². The summed E-state index contributed by atoms with van der Waals surface area (Å²) in [6.07, 6.45) is 0. The van der Waals surface area contributed by atoms with Crippen molar-refractivity contribution in [1.29, 1.82) is 0 Å². The zero-order chi connectivity index (χ0) is 15.7. The third-order valence-electron chi connectivity index (χ3n) is 3.24. The van der Waals surface area contributed by atoms with Crippen LogP contribution in [-0.4, -0.2) is 31.3 Å². The molecule has 1 aromatic heterocycles. The summed E-state index contributed by atoms with van der Waals surface area (Å²) in [4.78, 5) is 11.3. The van der Waals surface area contributed by atoms with E-state index in [-0.39, 0.29) is 5.56 Å². The molecule has 110 valence electrons. The normalized spacial score (nSPS) is 10.6. The van der Waals surface area contributed by atoms with E-state index in [1.54, 1.807) is 37.3 Å². The number of halogens is 1. The third kappa shape index (κ3) is 2.32. The molecule has 1 N–H and O–H groups in total. The Labute approximate surface area is 124 Å². The Morgan fingerprint density at radius 2 is 1.95 bits per heavy atom. The number of aromatic carboxylic acids is 1. The highest BCUT2D eigenvalue weighted by atomic mass is 19.1. The minimum atomic E-state index is -1.35. The molecule has 0 unspecified atom stereocenters. The minimum Gasteiger partial charge on any atom is -0.478 e. The fourth-order valence-electron chi connectivity index (χ4n) is 2.19. The van der Waals surface area contributed by atoms with Crippen molar-refractivity contribution in [3.63, 3.8) is 0 Å².